The van der Waals surface area contributed by atoms with Gasteiger partial charge in [-0.2, -0.15) is 0 Å². The van der Waals surface area contributed by atoms with E-state index < -0.39 is 29.8 Å². The summed E-state index contributed by atoms with van der Waals surface area (Å²) in [5, 5.41) is 17.9. The minimum Gasteiger partial charge on any atom is -0.423 e. The minimum atomic E-state index is -2.07. The van der Waals surface area contributed by atoms with E-state index in [1.54, 1.807) is 0 Å². The van der Waals surface area contributed by atoms with Crippen LogP contribution in [-0.2, 0) is 5.54 Å². The van der Waals surface area contributed by atoms with E-state index in [0.717, 1.165) is 6.07 Å². The van der Waals surface area contributed by atoms with Crippen LogP contribution in [0.25, 0.3) is 11.0 Å². The van der Waals surface area contributed by atoms with Crippen molar-refractivity contribution >= 4 is 23.6 Å². The van der Waals surface area contributed by atoms with Crippen LogP contribution in [0.1, 0.15) is 20.8 Å². The van der Waals surface area contributed by atoms with E-state index in [1.807, 2.05) is 20.8 Å². The van der Waals surface area contributed by atoms with Crippen LogP contribution in [-0.4, -0.2) is 26.7 Å². The molecule has 2 aromatic rings. The second kappa shape index (κ2) is 4.03. The predicted molar refractivity (Wildman–Crippen MR) is 64.5 cm³/mol. The van der Waals surface area contributed by atoms with Crippen molar-refractivity contribution in [1.82, 2.24) is 9.55 Å². The van der Waals surface area contributed by atoms with Crippen molar-refractivity contribution in [1.29, 1.82) is 0 Å². The van der Waals surface area contributed by atoms with Crippen molar-refractivity contribution in [3.05, 3.63) is 24.0 Å². The van der Waals surface area contributed by atoms with Crippen LogP contribution in [0.3, 0.4) is 0 Å². The van der Waals surface area contributed by atoms with Gasteiger partial charge < -0.3 is 14.6 Å². The maximum absolute atomic E-state index is 14.0. The smallest absolute Gasteiger partial charge is 0.423 e. The Hall–Kier alpha value is -1.47. The van der Waals surface area contributed by atoms with Gasteiger partial charge in [0.1, 0.15) is 5.52 Å². The predicted octanol–water partition coefficient (Wildman–Crippen LogP) is 0.749. The van der Waals surface area contributed by atoms with Crippen molar-refractivity contribution < 1.29 is 18.8 Å². The van der Waals surface area contributed by atoms with Gasteiger partial charge in [0.15, 0.2) is 11.6 Å². The Morgan fingerprint density at radius 2 is 1.83 bits per heavy atom. The van der Waals surface area contributed by atoms with Gasteiger partial charge in [-0.3, -0.25) is 0 Å². The Morgan fingerprint density at radius 3 is 2.33 bits per heavy atom. The first-order valence-corrected chi connectivity index (χ1v) is 5.45. The van der Waals surface area contributed by atoms with Crippen LogP contribution in [0, 0.1) is 11.6 Å². The van der Waals surface area contributed by atoms with Gasteiger partial charge in [-0.15, -0.1) is 0 Å². The molecule has 1 aromatic heterocycles. The zero-order valence-corrected chi connectivity index (χ0v) is 10.3. The first kappa shape index (κ1) is 13.0. The first-order valence-electron chi connectivity index (χ1n) is 5.45. The second-order valence-electron chi connectivity index (χ2n) is 5.12. The normalized spacial score (nSPS) is 12.2. The third kappa shape index (κ3) is 1.89. The van der Waals surface area contributed by atoms with E-state index in [1.165, 1.54) is 10.9 Å². The summed E-state index contributed by atoms with van der Waals surface area (Å²) < 4.78 is 29.2. The summed E-state index contributed by atoms with van der Waals surface area (Å²) in [7, 11) is -2.07. The molecular weight excluding hydrogens is 241 g/mol. The second-order valence-corrected chi connectivity index (χ2v) is 5.12. The SMILES string of the molecule is CC(C)(C)n1cnc2cc(B(O)O)c(F)c(F)c21. The number of hydrogen-bond acceptors (Lipinski definition) is 3. The van der Waals surface area contributed by atoms with Crippen molar-refractivity contribution in [2.24, 2.45) is 0 Å². The molecule has 2 N–H and O–H groups in total. The molecule has 96 valence electrons. The van der Waals surface area contributed by atoms with E-state index in [0.29, 0.717) is 0 Å². The molecule has 0 spiro atoms. The summed E-state index contributed by atoms with van der Waals surface area (Å²) in [5.41, 5.74) is -0.767. The number of aromatic nitrogens is 2. The standard InChI is InChI=1S/C11H13BF2N2O2/c1-11(2,3)16-5-15-7-4-6(12(17)18)8(13)9(14)10(7)16/h4-5,17-18H,1-3H3. The number of imidazole rings is 1. The highest BCUT2D eigenvalue weighted by atomic mass is 19.2. The molecule has 0 unspecified atom stereocenters. The summed E-state index contributed by atoms with van der Waals surface area (Å²) in [6, 6.07) is 1.14. The van der Waals surface area contributed by atoms with Gasteiger partial charge in [-0.25, -0.2) is 13.8 Å². The average Bonchev–Trinajstić information content (AvgIpc) is 2.66. The maximum Gasteiger partial charge on any atom is 0.491 e. The lowest BCUT2D eigenvalue weighted by Gasteiger charge is -2.22. The molecule has 0 aliphatic heterocycles. The monoisotopic (exact) mass is 254 g/mol. The Labute approximate surface area is 103 Å². The third-order valence-electron chi connectivity index (χ3n) is 2.74. The zero-order chi connectivity index (χ0) is 13.7. The number of halogens is 2. The maximum atomic E-state index is 14.0. The van der Waals surface area contributed by atoms with Gasteiger partial charge in [0.05, 0.1) is 11.8 Å². The molecule has 2 rings (SSSR count). The van der Waals surface area contributed by atoms with Crippen molar-refractivity contribution in [3.8, 4) is 0 Å². The van der Waals surface area contributed by atoms with Crippen molar-refractivity contribution in [2.75, 3.05) is 0 Å². The molecule has 1 aromatic carbocycles. The summed E-state index contributed by atoms with van der Waals surface area (Å²) in [4.78, 5) is 3.96. The van der Waals surface area contributed by atoms with E-state index >= 15 is 0 Å². The van der Waals surface area contributed by atoms with Crippen LogP contribution >= 0.6 is 0 Å². The molecule has 0 aliphatic rings. The molecule has 1 heterocycles. The third-order valence-corrected chi connectivity index (χ3v) is 2.74. The Balaban J connectivity index is 2.82. The number of fused-ring (bicyclic) bond motifs is 1. The molecule has 0 atom stereocenters. The van der Waals surface area contributed by atoms with Crippen LogP contribution in [0.5, 0.6) is 0 Å². The van der Waals surface area contributed by atoms with E-state index in [-0.39, 0.29) is 11.0 Å². The molecular formula is C11H13BF2N2O2. The highest BCUT2D eigenvalue weighted by molar-refractivity contribution is 6.59. The van der Waals surface area contributed by atoms with Gasteiger partial charge in [-0.05, 0) is 26.8 Å². The van der Waals surface area contributed by atoms with Gasteiger partial charge >= 0.3 is 7.12 Å². The summed E-state index contributed by atoms with van der Waals surface area (Å²) in [5.74, 6) is -2.38. The zero-order valence-electron chi connectivity index (χ0n) is 10.3. The molecule has 0 radical (unpaired) electrons. The first-order chi connectivity index (χ1) is 8.23. The summed E-state index contributed by atoms with van der Waals surface area (Å²) in [6.45, 7) is 5.50. The Morgan fingerprint density at radius 1 is 1.22 bits per heavy atom. The Bertz CT molecular complexity index is 605. The van der Waals surface area contributed by atoms with Gasteiger partial charge in [-0.1, -0.05) is 0 Å². The lowest BCUT2D eigenvalue weighted by Crippen LogP contribution is -2.34. The Kier molecular flexibility index (Phi) is 2.91. The van der Waals surface area contributed by atoms with Gasteiger partial charge in [0.2, 0.25) is 0 Å². The highest BCUT2D eigenvalue weighted by Crippen LogP contribution is 2.24. The lowest BCUT2D eigenvalue weighted by molar-refractivity contribution is 0.400. The summed E-state index contributed by atoms with van der Waals surface area (Å²) >= 11 is 0. The molecule has 0 aliphatic carbocycles. The van der Waals surface area contributed by atoms with Crippen LogP contribution in [0.2, 0.25) is 0 Å². The van der Waals surface area contributed by atoms with Gasteiger partial charge in [0.25, 0.3) is 0 Å². The molecule has 4 nitrogen and oxygen atoms in total. The molecule has 0 fully saturated rings. The minimum absolute atomic E-state index is 0.0180. The number of benzene rings is 1. The quantitative estimate of drug-likeness (QED) is 0.738. The molecule has 0 saturated carbocycles. The highest BCUT2D eigenvalue weighted by Gasteiger charge is 2.26. The number of hydrogen-bond donors (Lipinski definition) is 2. The molecule has 0 saturated heterocycles. The van der Waals surface area contributed by atoms with Crippen LogP contribution in [0.4, 0.5) is 8.78 Å². The topological polar surface area (TPSA) is 58.3 Å². The molecule has 0 bridgehead atoms. The average molecular weight is 254 g/mol. The van der Waals surface area contributed by atoms with Crippen molar-refractivity contribution in [3.63, 3.8) is 0 Å². The molecule has 7 heteroatoms. The summed E-state index contributed by atoms with van der Waals surface area (Å²) in [6.07, 6.45) is 1.40. The number of nitrogens with zero attached hydrogens (tertiary/aromatic N) is 2. The number of rotatable bonds is 1. The van der Waals surface area contributed by atoms with Crippen LogP contribution < -0.4 is 5.46 Å². The fraction of sp³-hybridized carbons (Fsp3) is 0.364. The van der Waals surface area contributed by atoms with Crippen molar-refractivity contribution in [2.45, 2.75) is 26.3 Å². The van der Waals surface area contributed by atoms with Crippen LogP contribution in [0.15, 0.2) is 12.4 Å². The fourth-order valence-corrected chi connectivity index (χ4v) is 1.82. The fourth-order valence-electron chi connectivity index (χ4n) is 1.82. The van der Waals surface area contributed by atoms with E-state index in [2.05, 4.69) is 4.98 Å². The largest absolute Gasteiger partial charge is 0.491 e. The van der Waals surface area contributed by atoms with Gasteiger partial charge in [0, 0.05) is 11.0 Å². The van der Waals surface area contributed by atoms with E-state index in [9.17, 15) is 8.78 Å². The molecule has 18 heavy (non-hydrogen) atoms. The lowest BCUT2D eigenvalue weighted by atomic mass is 9.79. The van der Waals surface area contributed by atoms with E-state index in [4.69, 9.17) is 10.0 Å². The molecule has 0 amide bonds.